The molecule has 0 unspecified atom stereocenters. The summed E-state index contributed by atoms with van der Waals surface area (Å²) in [5, 5.41) is 8.65. The van der Waals surface area contributed by atoms with Crippen LogP contribution in [0.2, 0.25) is 0 Å². The van der Waals surface area contributed by atoms with Crippen LogP contribution < -0.4 is 9.47 Å². The number of ether oxygens (including phenoxy) is 2. The third-order valence-corrected chi connectivity index (χ3v) is 3.89. The number of carbonyl (C=O) groups is 1. The lowest BCUT2D eigenvalue weighted by Gasteiger charge is -2.09. The lowest BCUT2D eigenvalue weighted by molar-refractivity contribution is -0.139. The quantitative estimate of drug-likeness (QED) is 0.611. The summed E-state index contributed by atoms with van der Waals surface area (Å²) in [5.41, 5.74) is 0.370. The van der Waals surface area contributed by atoms with Gasteiger partial charge in [0.2, 0.25) is 5.89 Å². The number of aliphatic carboxylic acids is 1. The Balaban J connectivity index is 1.62. The van der Waals surface area contributed by atoms with E-state index >= 15 is 0 Å². The van der Waals surface area contributed by atoms with E-state index in [4.69, 9.17) is 19.0 Å². The number of alkyl halides is 3. The molecule has 0 amide bonds. The first-order chi connectivity index (χ1) is 13.7. The minimum atomic E-state index is -4.40. The standard InChI is InChI=1S/C20H16F3NO5/c1-12-8-15(6-7-17(12)28-11-18(25)26)27-10-16-9-24-19(29-16)13-2-4-14(5-3-13)20(21,22)23/h2-9H,10-11H2,1H3,(H,25,26). The molecule has 0 aliphatic rings. The molecule has 0 saturated heterocycles. The van der Waals surface area contributed by atoms with Crippen molar-refractivity contribution in [1.29, 1.82) is 0 Å². The Hall–Kier alpha value is -3.49. The molecule has 0 aliphatic carbocycles. The summed E-state index contributed by atoms with van der Waals surface area (Å²) in [6, 6.07) is 9.42. The molecule has 0 spiro atoms. The van der Waals surface area contributed by atoms with Gasteiger partial charge in [0.1, 0.15) is 18.1 Å². The molecule has 2 aromatic carbocycles. The van der Waals surface area contributed by atoms with Crippen molar-refractivity contribution in [1.82, 2.24) is 4.98 Å². The van der Waals surface area contributed by atoms with Crippen LogP contribution in [-0.4, -0.2) is 22.7 Å². The molecule has 0 radical (unpaired) electrons. The average molecular weight is 407 g/mol. The SMILES string of the molecule is Cc1cc(OCc2cnc(-c3ccc(C(F)(F)F)cc3)o2)ccc1OCC(=O)O. The smallest absolute Gasteiger partial charge is 0.416 e. The maximum absolute atomic E-state index is 12.6. The van der Waals surface area contributed by atoms with E-state index in [9.17, 15) is 18.0 Å². The van der Waals surface area contributed by atoms with Crippen molar-refractivity contribution < 1.29 is 37.0 Å². The lowest BCUT2D eigenvalue weighted by Crippen LogP contribution is -2.10. The lowest BCUT2D eigenvalue weighted by atomic mass is 10.1. The van der Waals surface area contributed by atoms with E-state index in [1.807, 2.05) is 0 Å². The van der Waals surface area contributed by atoms with Gasteiger partial charge in [-0.2, -0.15) is 13.2 Å². The predicted molar refractivity (Wildman–Crippen MR) is 95.6 cm³/mol. The van der Waals surface area contributed by atoms with Gasteiger partial charge in [0.25, 0.3) is 0 Å². The molecule has 0 saturated carbocycles. The highest BCUT2D eigenvalue weighted by molar-refractivity contribution is 5.68. The molecule has 0 atom stereocenters. The largest absolute Gasteiger partial charge is 0.486 e. The first-order valence-corrected chi connectivity index (χ1v) is 8.43. The second-order valence-corrected chi connectivity index (χ2v) is 6.11. The molecule has 6 nitrogen and oxygen atoms in total. The van der Waals surface area contributed by atoms with Crippen LogP contribution >= 0.6 is 0 Å². The molecular formula is C20H16F3NO5. The molecule has 3 rings (SSSR count). The molecule has 0 bridgehead atoms. The highest BCUT2D eigenvalue weighted by Gasteiger charge is 2.30. The van der Waals surface area contributed by atoms with Gasteiger partial charge in [-0.3, -0.25) is 0 Å². The van der Waals surface area contributed by atoms with Crippen molar-refractivity contribution in [2.24, 2.45) is 0 Å². The molecule has 1 N–H and O–H groups in total. The number of nitrogens with zero attached hydrogens (tertiary/aromatic N) is 1. The Bertz CT molecular complexity index is 996. The summed E-state index contributed by atoms with van der Waals surface area (Å²) in [6.07, 6.45) is -2.97. The molecule has 152 valence electrons. The number of rotatable bonds is 7. The van der Waals surface area contributed by atoms with Gasteiger partial charge >= 0.3 is 12.1 Å². The number of oxazole rings is 1. The van der Waals surface area contributed by atoms with E-state index in [1.165, 1.54) is 18.3 Å². The molecule has 29 heavy (non-hydrogen) atoms. The number of aryl methyl sites for hydroxylation is 1. The second-order valence-electron chi connectivity index (χ2n) is 6.11. The number of carboxylic acid groups (broad SMARTS) is 1. The third kappa shape index (κ3) is 5.28. The topological polar surface area (TPSA) is 81.8 Å². The van der Waals surface area contributed by atoms with Crippen LogP contribution in [0.4, 0.5) is 13.2 Å². The zero-order chi connectivity index (χ0) is 21.0. The van der Waals surface area contributed by atoms with Crippen molar-refractivity contribution in [2.45, 2.75) is 19.7 Å². The van der Waals surface area contributed by atoms with Crippen molar-refractivity contribution in [2.75, 3.05) is 6.61 Å². The minimum absolute atomic E-state index is 0.0579. The van der Waals surface area contributed by atoms with Gasteiger partial charge < -0.3 is 19.0 Å². The molecule has 0 fully saturated rings. The molecule has 1 aromatic heterocycles. The normalized spacial score (nSPS) is 11.3. The fourth-order valence-electron chi connectivity index (χ4n) is 2.48. The van der Waals surface area contributed by atoms with Crippen molar-refractivity contribution in [3.05, 3.63) is 65.5 Å². The highest BCUT2D eigenvalue weighted by Crippen LogP contribution is 2.31. The summed E-state index contributed by atoms with van der Waals surface area (Å²) >= 11 is 0. The van der Waals surface area contributed by atoms with E-state index in [2.05, 4.69) is 4.98 Å². The van der Waals surface area contributed by atoms with Gasteiger partial charge in [0.05, 0.1) is 11.8 Å². The summed E-state index contributed by atoms with van der Waals surface area (Å²) in [6.45, 7) is 1.37. The van der Waals surface area contributed by atoms with Gasteiger partial charge in [-0.1, -0.05) is 0 Å². The number of carboxylic acids is 1. The average Bonchev–Trinajstić information content (AvgIpc) is 3.14. The van der Waals surface area contributed by atoms with Gasteiger partial charge in [-0.25, -0.2) is 9.78 Å². The molecule has 1 heterocycles. The Kier molecular flexibility index (Phi) is 5.76. The summed E-state index contributed by atoms with van der Waals surface area (Å²) < 4.78 is 54.2. The summed E-state index contributed by atoms with van der Waals surface area (Å²) in [7, 11) is 0. The van der Waals surface area contributed by atoms with E-state index in [-0.39, 0.29) is 12.5 Å². The van der Waals surface area contributed by atoms with E-state index in [0.29, 0.717) is 28.4 Å². The fourth-order valence-corrected chi connectivity index (χ4v) is 2.48. The summed E-state index contributed by atoms with van der Waals surface area (Å²) in [4.78, 5) is 14.6. The van der Waals surface area contributed by atoms with E-state index in [1.54, 1.807) is 25.1 Å². The van der Waals surface area contributed by atoms with Gasteiger partial charge in [0.15, 0.2) is 12.4 Å². The molecule has 3 aromatic rings. The van der Waals surface area contributed by atoms with E-state index < -0.39 is 24.3 Å². The maximum Gasteiger partial charge on any atom is 0.416 e. The second kappa shape index (κ2) is 8.26. The van der Waals surface area contributed by atoms with Crippen LogP contribution in [0.1, 0.15) is 16.9 Å². The Morgan fingerprint density at radius 1 is 1.14 bits per heavy atom. The molecule has 0 aliphatic heterocycles. The number of hydrogen-bond acceptors (Lipinski definition) is 5. The minimum Gasteiger partial charge on any atom is -0.486 e. The zero-order valence-corrected chi connectivity index (χ0v) is 15.2. The van der Waals surface area contributed by atoms with Gasteiger partial charge in [-0.15, -0.1) is 0 Å². The maximum atomic E-state index is 12.6. The van der Waals surface area contributed by atoms with Gasteiger partial charge in [0, 0.05) is 5.56 Å². The number of hydrogen-bond donors (Lipinski definition) is 1. The van der Waals surface area contributed by atoms with Gasteiger partial charge in [-0.05, 0) is 55.0 Å². The van der Waals surface area contributed by atoms with E-state index in [0.717, 1.165) is 12.1 Å². The monoisotopic (exact) mass is 407 g/mol. The first-order valence-electron chi connectivity index (χ1n) is 8.43. The third-order valence-electron chi connectivity index (χ3n) is 3.89. The van der Waals surface area contributed by atoms with Crippen LogP contribution in [-0.2, 0) is 17.6 Å². The number of aromatic nitrogens is 1. The van der Waals surface area contributed by atoms with Crippen molar-refractivity contribution in [3.8, 4) is 23.0 Å². The van der Waals surface area contributed by atoms with Crippen LogP contribution in [0, 0.1) is 6.92 Å². The fraction of sp³-hybridized carbons (Fsp3) is 0.200. The van der Waals surface area contributed by atoms with Crippen LogP contribution in [0.5, 0.6) is 11.5 Å². The Morgan fingerprint density at radius 3 is 2.48 bits per heavy atom. The van der Waals surface area contributed by atoms with Crippen LogP contribution in [0.3, 0.4) is 0 Å². The zero-order valence-electron chi connectivity index (χ0n) is 15.2. The molecule has 9 heteroatoms. The van der Waals surface area contributed by atoms with Crippen LogP contribution in [0.15, 0.2) is 53.1 Å². The predicted octanol–water partition coefficient (Wildman–Crippen LogP) is 4.71. The van der Waals surface area contributed by atoms with Crippen molar-refractivity contribution in [3.63, 3.8) is 0 Å². The first kappa shape index (κ1) is 20.2. The Labute approximate surface area is 163 Å². The van der Waals surface area contributed by atoms with Crippen LogP contribution in [0.25, 0.3) is 11.5 Å². The number of benzene rings is 2. The Morgan fingerprint density at radius 2 is 1.86 bits per heavy atom. The number of halogens is 3. The highest BCUT2D eigenvalue weighted by atomic mass is 19.4. The summed E-state index contributed by atoms with van der Waals surface area (Å²) in [5.74, 6) is 0.454. The van der Waals surface area contributed by atoms with Crippen molar-refractivity contribution >= 4 is 5.97 Å². The molecular weight excluding hydrogens is 391 g/mol.